The lowest BCUT2D eigenvalue weighted by Gasteiger charge is -2.18. The lowest BCUT2D eigenvalue weighted by molar-refractivity contribution is -0.141. The summed E-state index contributed by atoms with van der Waals surface area (Å²) in [6.07, 6.45) is 1.86. The van der Waals surface area contributed by atoms with Gasteiger partial charge in [0.05, 0.1) is 13.0 Å². The summed E-state index contributed by atoms with van der Waals surface area (Å²) in [6, 6.07) is 11.7. The molecule has 2 aromatic rings. The van der Waals surface area contributed by atoms with Gasteiger partial charge in [0.25, 0.3) is 0 Å². The van der Waals surface area contributed by atoms with Crippen LogP contribution in [0.15, 0.2) is 42.6 Å². The fourth-order valence-electron chi connectivity index (χ4n) is 3.59. The van der Waals surface area contributed by atoms with E-state index in [9.17, 15) is 9.90 Å². The van der Waals surface area contributed by atoms with E-state index >= 15 is 0 Å². The molecule has 2 heterocycles. The standard InChI is InChI=1S/C20H25N3O3/c1-22(2)19-9-8-14(10-21-19)11-23-12-16(17(13-23)20(24)25)15-6-4-5-7-18(15)26-3/h4-10,16-17H,11-13H2,1-3H3,(H,24,25)/t16-,17+/m0/s1. The molecular weight excluding hydrogens is 330 g/mol. The maximum Gasteiger partial charge on any atom is 0.308 e. The molecule has 1 fully saturated rings. The van der Waals surface area contributed by atoms with Crippen LogP contribution in [0.2, 0.25) is 0 Å². The number of aromatic nitrogens is 1. The highest BCUT2D eigenvalue weighted by molar-refractivity contribution is 5.72. The SMILES string of the molecule is COc1ccccc1[C@@H]1CN(Cc2ccc(N(C)C)nc2)C[C@H]1C(=O)O. The molecule has 6 nitrogen and oxygen atoms in total. The van der Waals surface area contributed by atoms with Gasteiger partial charge in [0.15, 0.2) is 0 Å². The molecule has 0 radical (unpaired) electrons. The number of rotatable bonds is 6. The maximum atomic E-state index is 11.8. The number of anilines is 1. The molecule has 1 aliphatic heterocycles. The average molecular weight is 355 g/mol. The monoisotopic (exact) mass is 355 g/mol. The highest BCUT2D eigenvalue weighted by atomic mass is 16.5. The predicted octanol–water partition coefficient (Wildman–Crippen LogP) is 2.46. The lowest BCUT2D eigenvalue weighted by Crippen LogP contribution is -2.23. The summed E-state index contributed by atoms with van der Waals surface area (Å²) in [5.74, 6) is 0.371. The first-order valence-electron chi connectivity index (χ1n) is 8.70. The van der Waals surface area contributed by atoms with Gasteiger partial charge in [-0.3, -0.25) is 9.69 Å². The van der Waals surface area contributed by atoms with Crippen LogP contribution in [0.4, 0.5) is 5.82 Å². The number of ether oxygens (including phenoxy) is 1. The molecule has 1 aliphatic rings. The van der Waals surface area contributed by atoms with Crippen LogP contribution in [0.3, 0.4) is 0 Å². The number of para-hydroxylation sites is 1. The van der Waals surface area contributed by atoms with Crippen LogP contribution in [-0.2, 0) is 11.3 Å². The molecule has 1 aromatic carbocycles. The van der Waals surface area contributed by atoms with Gasteiger partial charge < -0.3 is 14.7 Å². The predicted molar refractivity (Wildman–Crippen MR) is 101 cm³/mol. The van der Waals surface area contributed by atoms with Gasteiger partial charge in [0, 0.05) is 45.8 Å². The zero-order chi connectivity index (χ0) is 18.7. The van der Waals surface area contributed by atoms with Crippen molar-refractivity contribution in [2.75, 3.05) is 39.2 Å². The van der Waals surface area contributed by atoms with Gasteiger partial charge in [-0.1, -0.05) is 24.3 Å². The van der Waals surface area contributed by atoms with E-state index in [2.05, 4.69) is 16.0 Å². The third-order valence-electron chi connectivity index (χ3n) is 4.92. The largest absolute Gasteiger partial charge is 0.496 e. The Morgan fingerprint density at radius 3 is 2.65 bits per heavy atom. The third kappa shape index (κ3) is 3.80. The van der Waals surface area contributed by atoms with Gasteiger partial charge in [-0.25, -0.2) is 4.98 Å². The molecule has 6 heteroatoms. The Balaban J connectivity index is 1.78. The summed E-state index contributed by atoms with van der Waals surface area (Å²) in [5, 5.41) is 9.70. The van der Waals surface area contributed by atoms with E-state index in [-0.39, 0.29) is 5.92 Å². The Morgan fingerprint density at radius 1 is 1.27 bits per heavy atom. The molecule has 1 N–H and O–H groups in total. The van der Waals surface area contributed by atoms with Crippen molar-refractivity contribution < 1.29 is 14.6 Å². The Morgan fingerprint density at radius 2 is 2.04 bits per heavy atom. The normalized spacial score (nSPS) is 20.1. The molecule has 0 aliphatic carbocycles. The number of nitrogens with zero attached hydrogens (tertiary/aromatic N) is 3. The van der Waals surface area contributed by atoms with Gasteiger partial charge in [0.1, 0.15) is 11.6 Å². The summed E-state index contributed by atoms with van der Waals surface area (Å²) in [7, 11) is 5.54. The first-order chi connectivity index (χ1) is 12.5. The van der Waals surface area contributed by atoms with Crippen LogP contribution in [0.5, 0.6) is 5.75 Å². The van der Waals surface area contributed by atoms with Crippen molar-refractivity contribution in [1.82, 2.24) is 9.88 Å². The van der Waals surface area contributed by atoms with E-state index in [1.165, 1.54) is 0 Å². The van der Waals surface area contributed by atoms with Crippen LogP contribution < -0.4 is 9.64 Å². The molecule has 3 rings (SSSR count). The molecule has 1 aromatic heterocycles. The van der Waals surface area contributed by atoms with E-state index in [0.29, 0.717) is 19.6 Å². The molecular formula is C20H25N3O3. The van der Waals surface area contributed by atoms with Crippen LogP contribution in [0.1, 0.15) is 17.0 Å². The quantitative estimate of drug-likeness (QED) is 0.859. The van der Waals surface area contributed by atoms with Gasteiger partial charge in [-0.15, -0.1) is 0 Å². The molecule has 138 valence electrons. The number of aliphatic carboxylic acids is 1. The molecule has 0 spiro atoms. The van der Waals surface area contributed by atoms with Crippen LogP contribution in [-0.4, -0.2) is 55.3 Å². The minimum absolute atomic E-state index is 0.0855. The fraction of sp³-hybridized carbons (Fsp3) is 0.400. The number of methoxy groups -OCH3 is 1. The number of benzene rings is 1. The Labute approximate surface area is 154 Å². The summed E-state index contributed by atoms with van der Waals surface area (Å²) in [6.45, 7) is 1.90. The number of carbonyl (C=O) groups is 1. The second-order valence-electron chi connectivity index (χ2n) is 6.91. The van der Waals surface area contributed by atoms with E-state index in [4.69, 9.17) is 4.74 Å². The molecule has 2 atom stereocenters. The lowest BCUT2D eigenvalue weighted by atomic mass is 9.88. The van der Waals surface area contributed by atoms with Crippen molar-refractivity contribution in [3.05, 3.63) is 53.7 Å². The maximum absolute atomic E-state index is 11.8. The third-order valence-corrected chi connectivity index (χ3v) is 4.92. The van der Waals surface area contributed by atoms with Crippen molar-refractivity contribution >= 4 is 11.8 Å². The molecule has 0 unspecified atom stereocenters. The molecule has 0 amide bonds. The Hall–Kier alpha value is -2.60. The van der Waals surface area contributed by atoms with E-state index in [0.717, 1.165) is 22.7 Å². The number of hydrogen-bond donors (Lipinski definition) is 1. The summed E-state index contributed by atoms with van der Waals surface area (Å²) >= 11 is 0. The van der Waals surface area contributed by atoms with Crippen LogP contribution >= 0.6 is 0 Å². The van der Waals surface area contributed by atoms with Crippen molar-refractivity contribution in [3.63, 3.8) is 0 Å². The summed E-state index contributed by atoms with van der Waals surface area (Å²) in [4.78, 5) is 20.4. The number of hydrogen-bond acceptors (Lipinski definition) is 5. The molecule has 0 bridgehead atoms. The first kappa shape index (κ1) is 18.2. The minimum Gasteiger partial charge on any atom is -0.496 e. The number of carboxylic acids is 1. The van der Waals surface area contributed by atoms with Gasteiger partial charge >= 0.3 is 5.97 Å². The highest BCUT2D eigenvalue weighted by Crippen LogP contribution is 2.38. The minimum atomic E-state index is -0.760. The van der Waals surface area contributed by atoms with Crippen molar-refractivity contribution in [2.24, 2.45) is 5.92 Å². The number of pyridine rings is 1. The smallest absolute Gasteiger partial charge is 0.308 e. The van der Waals surface area contributed by atoms with Crippen molar-refractivity contribution in [1.29, 1.82) is 0 Å². The van der Waals surface area contributed by atoms with E-state index in [1.54, 1.807) is 7.11 Å². The second kappa shape index (κ2) is 7.74. The fourth-order valence-corrected chi connectivity index (χ4v) is 3.59. The van der Waals surface area contributed by atoms with Gasteiger partial charge in [-0.2, -0.15) is 0 Å². The van der Waals surface area contributed by atoms with Crippen LogP contribution in [0.25, 0.3) is 0 Å². The van der Waals surface area contributed by atoms with Crippen LogP contribution in [0, 0.1) is 5.92 Å². The topological polar surface area (TPSA) is 65.9 Å². The zero-order valence-corrected chi connectivity index (χ0v) is 15.4. The van der Waals surface area contributed by atoms with E-state index in [1.807, 2.05) is 55.5 Å². The first-order valence-corrected chi connectivity index (χ1v) is 8.70. The summed E-state index contributed by atoms with van der Waals surface area (Å²) < 4.78 is 5.45. The Bertz CT molecular complexity index is 761. The average Bonchev–Trinajstić information content (AvgIpc) is 3.06. The van der Waals surface area contributed by atoms with Gasteiger partial charge in [0.2, 0.25) is 0 Å². The Kier molecular flexibility index (Phi) is 5.42. The van der Waals surface area contributed by atoms with Crippen molar-refractivity contribution in [2.45, 2.75) is 12.5 Å². The summed E-state index contributed by atoms with van der Waals surface area (Å²) in [5.41, 5.74) is 2.05. The molecule has 0 saturated carbocycles. The number of likely N-dealkylation sites (tertiary alicyclic amines) is 1. The number of carboxylic acid groups (broad SMARTS) is 1. The van der Waals surface area contributed by atoms with Gasteiger partial charge in [-0.05, 0) is 23.3 Å². The highest BCUT2D eigenvalue weighted by Gasteiger charge is 2.39. The van der Waals surface area contributed by atoms with Crippen molar-refractivity contribution in [3.8, 4) is 5.75 Å². The van der Waals surface area contributed by atoms with E-state index < -0.39 is 11.9 Å². The molecule has 1 saturated heterocycles. The molecule has 26 heavy (non-hydrogen) atoms. The zero-order valence-electron chi connectivity index (χ0n) is 15.4. The second-order valence-corrected chi connectivity index (χ2v) is 6.91.